The molecule has 0 spiro atoms. The molecule has 4 N–H and O–H groups in total. The summed E-state index contributed by atoms with van der Waals surface area (Å²) >= 11 is 0. The second kappa shape index (κ2) is 7.36. The van der Waals surface area contributed by atoms with Crippen molar-refractivity contribution in [2.75, 3.05) is 17.2 Å². The number of imidazole rings is 2. The number of phenols is 1. The molecule has 5 rings (SSSR count). The molecule has 0 radical (unpaired) electrons. The highest BCUT2D eigenvalue weighted by Gasteiger charge is 2.12. The molecule has 0 aliphatic carbocycles. The average molecular weight is 400 g/mol. The number of nitrogens with zero attached hydrogens (tertiary/aromatic N) is 5. The molecule has 0 aliphatic heterocycles. The van der Waals surface area contributed by atoms with Crippen LogP contribution < -0.4 is 10.6 Å². The van der Waals surface area contributed by atoms with Crippen LogP contribution in [0, 0.1) is 0 Å². The lowest BCUT2D eigenvalue weighted by Gasteiger charge is -2.06. The Morgan fingerprint density at radius 1 is 1.03 bits per heavy atom. The quantitative estimate of drug-likeness (QED) is 0.345. The van der Waals surface area contributed by atoms with Crippen molar-refractivity contribution in [2.24, 2.45) is 7.05 Å². The molecule has 2 aromatic carbocycles. The van der Waals surface area contributed by atoms with Gasteiger partial charge in [0.15, 0.2) is 11.5 Å². The topological polar surface area (TPSA) is 117 Å². The predicted octanol–water partition coefficient (Wildman–Crippen LogP) is 3.34. The van der Waals surface area contributed by atoms with E-state index in [-0.39, 0.29) is 5.75 Å². The lowest BCUT2D eigenvalue weighted by atomic mass is 10.1. The smallest absolute Gasteiger partial charge is 0.210 e. The lowest BCUT2D eigenvalue weighted by molar-refractivity contribution is 0.475. The summed E-state index contributed by atoms with van der Waals surface area (Å²) < 4.78 is 1.98. The Hall–Kier alpha value is -4.14. The molecule has 0 fully saturated rings. The number of benzene rings is 2. The van der Waals surface area contributed by atoms with Crippen LogP contribution in [0.4, 0.5) is 17.7 Å². The number of anilines is 3. The summed E-state index contributed by atoms with van der Waals surface area (Å²) in [6, 6.07) is 15.1. The van der Waals surface area contributed by atoms with Gasteiger partial charge in [0.1, 0.15) is 17.6 Å². The molecule has 0 bridgehead atoms. The number of H-pyrrole nitrogens is 1. The molecule has 0 unspecified atom stereocenters. The van der Waals surface area contributed by atoms with Crippen molar-refractivity contribution in [1.29, 1.82) is 0 Å². The fourth-order valence-electron chi connectivity index (χ4n) is 3.37. The Balaban J connectivity index is 1.35. The van der Waals surface area contributed by atoms with Crippen LogP contribution in [-0.2, 0) is 13.5 Å². The van der Waals surface area contributed by atoms with Crippen LogP contribution in [0.5, 0.6) is 5.75 Å². The highest BCUT2D eigenvalue weighted by atomic mass is 16.3. The van der Waals surface area contributed by atoms with Crippen molar-refractivity contribution >= 4 is 39.9 Å². The molecule has 30 heavy (non-hydrogen) atoms. The van der Waals surface area contributed by atoms with Crippen molar-refractivity contribution in [1.82, 2.24) is 29.5 Å². The second-order valence-corrected chi connectivity index (χ2v) is 6.96. The summed E-state index contributed by atoms with van der Waals surface area (Å²) in [5.41, 5.74) is 4.37. The van der Waals surface area contributed by atoms with Gasteiger partial charge in [-0.15, -0.1) is 0 Å². The number of hydrogen-bond acceptors (Lipinski definition) is 7. The zero-order valence-electron chi connectivity index (χ0n) is 16.3. The molecule has 0 amide bonds. The number of nitrogens with one attached hydrogen (secondary N) is 3. The first kappa shape index (κ1) is 17.9. The van der Waals surface area contributed by atoms with Gasteiger partial charge in [0.2, 0.25) is 11.9 Å². The largest absolute Gasteiger partial charge is 0.508 e. The molecule has 0 saturated heterocycles. The van der Waals surface area contributed by atoms with Crippen LogP contribution in [0.3, 0.4) is 0 Å². The molecule has 9 nitrogen and oxygen atoms in total. The highest BCUT2D eigenvalue weighted by molar-refractivity contribution is 5.85. The molecule has 0 saturated carbocycles. The van der Waals surface area contributed by atoms with Crippen LogP contribution in [-0.4, -0.2) is 41.1 Å². The number of aryl methyl sites for hydroxylation is 1. The molecule has 5 aromatic rings. The van der Waals surface area contributed by atoms with Gasteiger partial charge in [-0.1, -0.05) is 24.3 Å². The molecule has 0 atom stereocenters. The summed E-state index contributed by atoms with van der Waals surface area (Å²) in [4.78, 5) is 21.0. The fraction of sp³-hybridized carbons (Fsp3) is 0.143. The maximum atomic E-state index is 9.39. The third kappa shape index (κ3) is 3.37. The zero-order valence-corrected chi connectivity index (χ0v) is 16.3. The monoisotopic (exact) mass is 400 g/mol. The zero-order chi connectivity index (χ0) is 20.5. The standard InChI is InChI=1S/C21H20N8O/c1-29-16-5-3-2-4-15(16)25-21(29)28-20-26-17-18(23-12-24-19(17)27-20)22-11-10-13-6-8-14(30)9-7-13/h2-9,12,30H,10-11H2,1H3,(H3,22,23,24,25,26,27,28). The minimum Gasteiger partial charge on any atom is -0.508 e. The van der Waals surface area contributed by atoms with Gasteiger partial charge in [-0.2, -0.15) is 4.98 Å². The van der Waals surface area contributed by atoms with E-state index in [0.717, 1.165) is 28.5 Å². The van der Waals surface area contributed by atoms with Gasteiger partial charge in [0.05, 0.1) is 11.0 Å². The normalized spacial score (nSPS) is 11.2. The van der Waals surface area contributed by atoms with E-state index in [0.29, 0.717) is 29.9 Å². The number of aromatic nitrogens is 6. The van der Waals surface area contributed by atoms with Crippen LogP contribution in [0.2, 0.25) is 0 Å². The third-order valence-corrected chi connectivity index (χ3v) is 4.95. The first-order valence-corrected chi connectivity index (χ1v) is 9.58. The number of hydrogen-bond donors (Lipinski definition) is 4. The molecular weight excluding hydrogens is 380 g/mol. The summed E-state index contributed by atoms with van der Waals surface area (Å²) in [5.74, 6) is 2.18. The van der Waals surface area contributed by atoms with Crippen molar-refractivity contribution in [3.05, 3.63) is 60.4 Å². The number of aromatic amines is 1. The Labute approximate surface area is 171 Å². The summed E-state index contributed by atoms with van der Waals surface area (Å²) in [6.07, 6.45) is 2.29. The molecule has 3 heterocycles. The fourth-order valence-corrected chi connectivity index (χ4v) is 3.37. The van der Waals surface area contributed by atoms with Crippen molar-refractivity contribution < 1.29 is 5.11 Å². The third-order valence-electron chi connectivity index (χ3n) is 4.95. The predicted molar refractivity (Wildman–Crippen MR) is 116 cm³/mol. The number of para-hydroxylation sites is 2. The van der Waals surface area contributed by atoms with Gasteiger partial charge < -0.3 is 20.0 Å². The van der Waals surface area contributed by atoms with Crippen molar-refractivity contribution in [3.8, 4) is 5.75 Å². The van der Waals surface area contributed by atoms with Gasteiger partial charge in [-0.05, 0) is 36.2 Å². The van der Waals surface area contributed by atoms with Crippen LogP contribution in [0.1, 0.15) is 5.56 Å². The number of aromatic hydroxyl groups is 1. The van der Waals surface area contributed by atoms with Gasteiger partial charge in [0, 0.05) is 13.6 Å². The number of phenolic OH excluding ortho intramolecular Hbond substituents is 1. The van der Waals surface area contributed by atoms with E-state index >= 15 is 0 Å². The molecule has 9 heteroatoms. The van der Waals surface area contributed by atoms with E-state index in [4.69, 9.17) is 0 Å². The van der Waals surface area contributed by atoms with E-state index in [1.807, 2.05) is 48.0 Å². The Bertz CT molecular complexity index is 1320. The maximum absolute atomic E-state index is 9.39. The van der Waals surface area contributed by atoms with Gasteiger partial charge in [0.25, 0.3) is 0 Å². The SMILES string of the molecule is Cn1c(Nc2nc3ncnc(NCCc4ccc(O)cc4)c3[nH]2)nc2ccccc21. The van der Waals surface area contributed by atoms with Crippen LogP contribution in [0.25, 0.3) is 22.2 Å². The molecule has 3 aromatic heterocycles. The summed E-state index contributed by atoms with van der Waals surface area (Å²) in [5, 5.41) is 15.9. The summed E-state index contributed by atoms with van der Waals surface area (Å²) in [7, 11) is 1.95. The van der Waals surface area contributed by atoms with Crippen molar-refractivity contribution in [3.63, 3.8) is 0 Å². The average Bonchev–Trinajstić information content (AvgIpc) is 3.31. The molecular formula is C21H20N8O. The van der Waals surface area contributed by atoms with Gasteiger partial charge >= 0.3 is 0 Å². The molecule has 150 valence electrons. The van der Waals surface area contributed by atoms with E-state index in [2.05, 4.69) is 35.6 Å². The second-order valence-electron chi connectivity index (χ2n) is 6.96. The molecule has 0 aliphatic rings. The minimum absolute atomic E-state index is 0.266. The van der Waals surface area contributed by atoms with Crippen molar-refractivity contribution in [2.45, 2.75) is 6.42 Å². The summed E-state index contributed by atoms with van der Waals surface area (Å²) in [6.45, 7) is 0.684. The Morgan fingerprint density at radius 3 is 2.70 bits per heavy atom. The van der Waals surface area contributed by atoms with Gasteiger partial charge in [-0.3, -0.25) is 5.32 Å². The first-order chi connectivity index (χ1) is 14.7. The Kier molecular flexibility index (Phi) is 4.40. The van der Waals surface area contributed by atoms with Gasteiger partial charge in [-0.25, -0.2) is 15.0 Å². The first-order valence-electron chi connectivity index (χ1n) is 9.58. The maximum Gasteiger partial charge on any atom is 0.210 e. The van der Waals surface area contributed by atoms with E-state index in [9.17, 15) is 5.11 Å². The van der Waals surface area contributed by atoms with Crippen LogP contribution in [0.15, 0.2) is 54.9 Å². The number of rotatable bonds is 6. The van der Waals surface area contributed by atoms with E-state index in [1.54, 1.807) is 12.1 Å². The van der Waals surface area contributed by atoms with Crippen LogP contribution >= 0.6 is 0 Å². The Morgan fingerprint density at radius 2 is 1.87 bits per heavy atom. The minimum atomic E-state index is 0.266. The lowest BCUT2D eigenvalue weighted by Crippen LogP contribution is -2.07. The number of fused-ring (bicyclic) bond motifs is 2. The van der Waals surface area contributed by atoms with E-state index in [1.165, 1.54) is 6.33 Å². The highest BCUT2D eigenvalue weighted by Crippen LogP contribution is 2.23. The van der Waals surface area contributed by atoms with E-state index < -0.39 is 0 Å².